The second-order valence-corrected chi connectivity index (χ2v) is 7.25. The Kier molecular flexibility index (Phi) is 5.38. The van der Waals surface area contributed by atoms with Gasteiger partial charge in [0.15, 0.2) is 0 Å². The first-order chi connectivity index (χ1) is 12.0. The van der Waals surface area contributed by atoms with Crippen LogP contribution < -0.4 is 4.74 Å². The Morgan fingerprint density at radius 3 is 2.64 bits per heavy atom. The van der Waals surface area contributed by atoms with Crippen molar-refractivity contribution < 1.29 is 4.74 Å². The van der Waals surface area contributed by atoms with Crippen molar-refractivity contribution in [3.63, 3.8) is 0 Å². The predicted molar refractivity (Wildman–Crippen MR) is 106 cm³/mol. The molecule has 0 radical (unpaired) electrons. The minimum Gasteiger partial charge on any atom is -0.496 e. The van der Waals surface area contributed by atoms with Crippen molar-refractivity contribution in [1.29, 1.82) is 0 Å². The molecule has 0 saturated heterocycles. The molecule has 1 heterocycles. The Morgan fingerprint density at radius 2 is 1.96 bits per heavy atom. The number of methoxy groups -OCH3 is 1. The third-order valence-electron chi connectivity index (χ3n) is 5.09. The lowest BCUT2D eigenvalue weighted by atomic mass is 9.95. The van der Waals surface area contributed by atoms with E-state index in [9.17, 15) is 0 Å². The molecule has 0 amide bonds. The normalized spacial score (nSPS) is 14.3. The zero-order valence-electron chi connectivity index (χ0n) is 15.6. The molecule has 0 unspecified atom stereocenters. The number of aromatic nitrogens is 2. The number of hydrogen-bond acceptors (Lipinski definition) is 3. The maximum Gasteiger partial charge on any atom is 0.123 e. The van der Waals surface area contributed by atoms with E-state index in [1.165, 1.54) is 35.1 Å². The molecule has 0 fully saturated rings. The summed E-state index contributed by atoms with van der Waals surface area (Å²) in [5.74, 6) is 0.912. The molecular formula is C21H26N2OS. The fourth-order valence-corrected chi connectivity index (χ4v) is 3.83. The molecule has 3 rings (SSSR count). The van der Waals surface area contributed by atoms with Crippen LogP contribution in [0, 0.1) is 25.4 Å². The average molecular weight is 355 g/mol. The smallest absolute Gasteiger partial charge is 0.123 e. The van der Waals surface area contributed by atoms with Crippen molar-refractivity contribution in [3.8, 4) is 5.75 Å². The lowest BCUT2D eigenvalue weighted by molar-refractivity contribution is 0.410. The first kappa shape index (κ1) is 17.9. The van der Waals surface area contributed by atoms with Crippen LogP contribution in [0.1, 0.15) is 53.6 Å². The number of rotatable bonds is 4. The monoisotopic (exact) mass is 354 g/mol. The third-order valence-corrected chi connectivity index (χ3v) is 5.42. The third kappa shape index (κ3) is 3.69. The molecule has 25 heavy (non-hydrogen) atoms. The van der Waals surface area contributed by atoms with E-state index in [-0.39, 0.29) is 0 Å². The molecule has 4 heteroatoms. The van der Waals surface area contributed by atoms with Crippen molar-refractivity contribution >= 4 is 17.8 Å². The number of allylic oxidation sites excluding steroid dienone is 2. The van der Waals surface area contributed by atoms with Crippen LogP contribution in [0.25, 0.3) is 5.57 Å². The molecule has 1 aromatic carbocycles. The standard InChI is InChI=1S/C21H26N2OS/c1-14-10-11-19(24-4)16(3)18(14)13-23-20(25)12-15(2)21(22-23)17-8-6-5-7-9-17/h8,10-12H,5-7,9,13H2,1-4H3. The van der Waals surface area contributed by atoms with Crippen LogP contribution in [0.3, 0.4) is 0 Å². The number of nitrogens with zero attached hydrogens (tertiary/aromatic N) is 2. The highest BCUT2D eigenvalue weighted by Crippen LogP contribution is 2.28. The molecule has 0 spiro atoms. The van der Waals surface area contributed by atoms with Gasteiger partial charge in [0.05, 0.1) is 19.3 Å². The van der Waals surface area contributed by atoms with E-state index in [1.54, 1.807) is 7.11 Å². The first-order valence-corrected chi connectivity index (χ1v) is 9.33. The van der Waals surface area contributed by atoms with Gasteiger partial charge in [0.25, 0.3) is 0 Å². The Hall–Kier alpha value is -1.94. The van der Waals surface area contributed by atoms with Gasteiger partial charge in [-0.1, -0.05) is 24.4 Å². The van der Waals surface area contributed by atoms with E-state index in [2.05, 4.69) is 39.0 Å². The maximum atomic E-state index is 5.60. The van der Waals surface area contributed by atoms with Gasteiger partial charge in [0.2, 0.25) is 0 Å². The van der Waals surface area contributed by atoms with Crippen molar-refractivity contribution in [2.24, 2.45) is 0 Å². The van der Waals surface area contributed by atoms with E-state index in [4.69, 9.17) is 22.1 Å². The summed E-state index contributed by atoms with van der Waals surface area (Å²) in [6.45, 7) is 7.02. The summed E-state index contributed by atoms with van der Waals surface area (Å²) in [4.78, 5) is 0. The van der Waals surface area contributed by atoms with Crippen LogP contribution in [0.4, 0.5) is 0 Å². The van der Waals surface area contributed by atoms with E-state index < -0.39 is 0 Å². The number of hydrogen-bond donors (Lipinski definition) is 0. The minimum absolute atomic E-state index is 0.675. The fourth-order valence-electron chi connectivity index (χ4n) is 3.55. The van der Waals surface area contributed by atoms with Crippen molar-refractivity contribution in [1.82, 2.24) is 9.78 Å². The van der Waals surface area contributed by atoms with E-state index in [0.717, 1.165) is 34.5 Å². The van der Waals surface area contributed by atoms with Gasteiger partial charge in [-0.25, -0.2) is 4.68 Å². The molecule has 0 atom stereocenters. The second kappa shape index (κ2) is 7.52. The van der Waals surface area contributed by atoms with Gasteiger partial charge in [-0.3, -0.25) is 0 Å². The van der Waals surface area contributed by atoms with E-state index in [1.807, 2.05) is 10.7 Å². The van der Waals surface area contributed by atoms with Crippen LogP contribution >= 0.6 is 12.2 Å². The summed E-state index contributed by atoms with van der Waals surface area (Å²) in [5, 5.41) is 4.93. The number of ether oxygens (including phenoxy) is 1. The summed E-state index contributed by atoms with van der Waals surface area (Å²) in [5.41, 5.74) is 7.27. The van der Waals surface area contributed by atoms with Gasteiger partial charge in [-0.15, -0.1) is 0 Å². The zero-order valence-corrected chi connectivity index (χ0v) is 16.4. The molecule has 1 aromatic heterocycles. The number of benzene rings is 1. The molecular weight excluding hydrogens is 328 g/mol. The predicted octanol–water partition coefficient (Wildman–Crippen LogP) is 5.55. The van der Waals surface area contributed by atoms with Crippen LogP contribution in [-0.2, 0) is 6.54 Å². The molecule has 1 aliphatic carbocycles. The summed E-state index contributed by atoms with van der Waals surface area (Å²) in [7, 11) is 1.71. The topological polar surface area (TPSA) is 27.1 Å². The van der Waals surface area contributed by atoms with Crippen molar-refractivity contribution in [3.05, 3.63) is 56.9 Å². The van der Waals surface area contributed by atoms with Gasteiger partial charge in [-0.05, 0) is 86.4 Å². The highest BCUT2D eigenvalue weighted by atomic mass is 32.1. The SMILES string of the molecule is COc1ccc(C)c(Cn2nc(C3=CCCCC3)c(C)cc2=S)c1C. The van der Waals surface area contributed by atoms with Crippen LogP contribution in [0.15, 0.2) is 24.3 Å². The lowest BCUT2D eigenvalue weighted by Gasteiger charge is -2.18. The van der Waals surface area contributed by atoms with Gasteiger partial charge >= 0.3 is 0 Å². The Morgan fingerprint density at radius 1 is 1.16 bits per heavy atom. The van der Waals surface area contributed by atoms with Gasteiger partial charge in [-0.2, -0.15) is 5.10 Å². The zero-order chi connectivity index (χ0) is 18.0. The van der Waals surface area contributed by atoms with E-state index >= 15 is 0 Å². The Balaban J connectivity index is 2.04. The minimum atomic E-state index is 0.675. The molecule has 3 nitrogen and oxygen atoms in total. The second-order valence-electron chi connectivity index (χ2n) is 6.84. The van der Waals surface area contributed by atoms with Crippen molar-refractivity contribution in [2.45, 2.75) is 53.0 Å². The fraction of sp³-hybridized carbons (Fsp3) is 0.429. The molecule has 0 N–H and O–H groups in total. The van der Waals surface area contributed by atoms with E-state index in [0.29, 0.717) is 6.54 Å². The molecule has 0 aliphatic heterocycles. The molecule has 132 valence electrons. The Labute approximate surface area is 155 Å². The van der Waals surface area contributed by atoms with Gasteiger partial charge < -0.3 is 4.74 Å². The summed E-state index contributed by atoms with van der Waals surface area (Å²) >= 11 is 5.60. The highest BCUT2D eigenvalue weighted by molar-refractivity contribution is 7.71. The Bertz CT molecular complexity index is 880. The molecule has 0 saturated carbocycles. The summed E-state index contributed by atoms with van der Waals surface area (Å²) in [6.07, 6.45) is 7.14. The average Bonchev–Trinajstić information content (AvgIpc) is 2.61. The summed E-state index contributed by atoms with van der Waals surface area (Å²) in [6, 6.07) is 6.20. The van der Waals surface area contributed by atoms with Gasteiger partial charge in [0, 0.05) is 0 Å². The van der Waals surface area contributed by atoms with Crippen molar-refractivity contribution in [2.75, 3.05) is 7.11 Å². The molecule has 0 bridgehead atoms. The lowest BCUT2D eigenvalue weighted by Crippen LogP contribution is -2.13. The quantitative estimate of drug-likeness (QED) is 0.673. The highest BCUT2D eigenvalue weighted by Gasteiger charge is 2.14. The van der Waals surface area contributed by atoms with Gasteiger partial charge in [0.1, 0.15) is 10.4 Å². The number of aryl methyl sites for hydroxylation is 2. The van der Waals surface area contributed by atoms with Crippen LogP contribution in [0.5, 0.6) is 5.75 Å². The molecule has 1 aliphatic rings. The first-order valence-electron chi connectivity index (χ1n) is 8.92. The van der Waals surface area contributed by atoms with Crippen LogP contribution in [0.2, 0.25) is 0 Å². The maximum absolute atomic E-state index is 5.60. The summed E-state index contributed by atoms with van der Waals surface area (Å²) < 4.78 is 8.22. The van der Waals surface area contributed by atoms with Crippen LogP contribution in [-0.4, -0.2) is 16.9 Å². The molecule has 2 aromatic rings. The largest absolute Gasteiger partial charge is 0.496 e.